The topological polar surface area (TPSA) is 12.0 Å². The van der Waals surface area contributed by atoms with Gasteiger partial charge in [-0.1, -0.05) is 35.9 Å². The Bertz CT molecular complexity index is 543. The maximum Gasteiger partial charge on any atom is 0.0517 e. The van der Waals surface area contributed by atoms with Crippen LogP contribution in [0.25, 0.3) is 0 Å². The predicted molar refractivity (Wildman–Crippen MR) is 82.4 cm³/mol. The highest BCUT2D eigenvalue weighted by Crippen LogP contribution is 2.28. The Morgan fingerprint density at radius 2 is 1.89 bits per heavy atom. The Hall–Kier alpha value is -0.990. The Morgan fingerprint density at radius 1 is 1.17 bits per heavy atom. The molecule has 1 nitrogen and oxygen atoms in total. The SMILES string of the molecule is Cc1cc(C)c(NCc2ccccc2Cl)c(Br)c1. The summed E-state index contributed by atoms with van der Waals surface area (Å²) in [6, 6.07) is 12.2. The van der Waals surface area contributed by atoms with Crippen LogP contribution in [0.2, 0.25) is 5.02 Å². The van der Waals surface area contributed by atoms with Crippen LogP contribution < -0.4 is 5.32 Å². The molecule has 0 amide bonds. The van der Waals surface area contributed by atoms with Crippen molar-refractivity contribution in [2.24, 2.45) is 0 Å². The van der Waals surface area contributed by atoms with Crippen molar-refractivity contribution in [2.45, 2.75) is 20.4 Å². The highest BCUT2D eigenvalue weighted by Gasteiger charge is 2.05. The van der Waals surface area contributed by atoms with E-state index in [1.807, 2.05) is 24.3 Å². The standard InChI is InChI=1S/C15H15BrClN/c1-10-7-11(2)15(13(16)8-10)18-9-12-5-3-4-6-14(12)17/h3-8,18H,9H2,1-2H3. The van der Waals surface area contributed by atoms with E-state index in [4.69, 9.17) is 11.6 Å². The average molecular weight is 325 g/mol. The Kier molecular flexibility index (Phi) is 4.31. The number of hydrogen-bond acceptors (Lipinski definition) is 1. The van der Waals surface area contributed by atoms with Crippen molar-refractivity contribution < 1.29 is 0 Å². The summed E-state index contributed by atoms with van der Waals surface area (Å²) in [5.74, 6) is 0. The summed E-state index contributed by atoms with van der Waals surface area (Å²) in [6.07, 6.45) is 0. The minimum atomic E-state index is 0.724. The second-order valence-corrected chi connectivity index (χ2v) is 5.65. The monoisotopic (exact) mass is 323 g/mol. The lowest BCUT2D eigenvalue weighted by Crippen LogP contribution is -2.02. The molecule has 2 aromatic rings. The molecule has 0 fully saturated rings. The first kappa shape index (κ1) is 13.4. The average Bonchev–Trinajstić information content (AvgIpc) is 2.30. The lowest BCUT2D eigenvalue weighted by atomic mass is 10.1. The van der Waals surface area contributed by atoms with Crippen LogP contribution in [0.1, 0.15) is 16.7 Å². The van der Waals surface area contributed by atoms with Crippen molar-refractivity contribution >= 4 is 33.2 Å². The fourth-order valence-corrected chi connectivity index (χ4v) is 2.98. The van der Waals surface area contributed by atoms with E-state index in [2.05, 4.69) is 47.2 Å². The zero-order valence-electron chi connectivity index (χ0n) is 10.4. The Balaban J connectivity index is 2.19. The largest absolute Gasteiger partial charge is 0.380 e. The number of anilines is 1. The summed E-state index contributed by atoms with van der Waals surface area (Å²) >= 11 is 9.74. The molecule has 0 saturated carbocycles. The minimum Gasteiger partial charge on any atom is -0.380 e. The molecule has 0 aliphatic heterocycles. The molecule has 2 rings (SSSR count). The molecular formula is C15H15BrClN. The van der Waals surface area contributed by atoms with Gasteiger partial charge in [0, 0.05) is 16.0 Å². The van der Waals surface area contributed by atoms with Crippen molar-refractivity contribution in [1.82, 2.24) is 0 Å². The van der Waals surface area contributed by atoms with Crippen LogP contribution in [0.5, 0.6) is 0 Å². The third kappa shape index (κ3) is 3.06. The lowest BCUT2D eigenvalue weighted by Gasteiger charge is -2.13. The van der Waals surface area contributed by atoms with Crippen LogP contribution in [0.3, 0.4) is 0 Å². The highest BCUT2D eigenvalue weighted by molar-refractivity contribution is 9.10. The highest BCUT2D eigenvalue weighted by atomic mass is 79.9. The molecule has 0 spiro atoms. The molecule has 0 bridgehead atoms. The first-order valence-corrected chi connectivity index (χ1v) is 6.99. The fraction of sp³-hybridized carbons (Fsp3) is 0.200. The molecule has 0 aliphatic carbocycles. The zero-order chi connectivity index (χ0) is 13.1. The van der Waals surface area contributed by atoms with Gasteiger partial charge < -0.3 is 5.32 Å². The van der Waals surface area contributed by atoms with Crippen LogP contribution in [-0.2, 0) is 6.54 Å². The van der Waals surface area contributed by atoms with Crippen LogP contribution >= 0.6 is 27.5 Å². The van der Waals surface area contributed by atoms with Crippen molar-refractivity contribution in [3.05, 3.63) is 62.6 Å². The maximum atomic E-state index is 6.14. The normalized spacial score (nSPS) is 10.4. The van der Waals surface area contributed by atoms with Crippen LogP contribution in [0.15, 0.2) is 40.9 Å². The van der Waals surface area contributed by atoms with Crippen LogP contribution in [0, 0.1) is 13.8 Å². The third-order valence-corrected chi connectivity index (χ3v) is 3.84. The van der Waals surface area contributed by atoms with Crippen molar-refractivity contribution in [2.75, 3.05) is 5.32 Å². The molecule has 1 N–H and O–H groups in total. The maximum absolute atomic E-state index is 6.14. The minimum absolute atomic E-state index is 0.724. The van der Waals surface area contributed by atoms with E-state index in [1.165, 1.54) is 11.1 Å². The van der Waals surface area contributed by atoms with Gasteiger partial charge in [-0.05, 0) is 58.6 Å². The van der Waals surface area contributed by atoms with Gasteiger partial charge in [0.05, 0.1) is 5.69 Å². The number of nitrogens with one attached hydrogen (secondary N) is 1. The van der Waals surface area contributed by atoms with E-state index in [1.54, 1.807) is 0 Å². The van der Waals surface area contributed by atoms with E-state index in [-0.39, 0.29) is 0 Å². The lowest BCUT2D eigenvalue weighted by molar-refractivity contribution is 1.13. The fourth-order valence-electron chi connectivity index (χ4n) is 1.96. The third-order valence-electron chi connectivity index (χ3n) is 2.85. The van der Waals surface area contributed by atoms with E-state index in [0.717, 1.165) is 27.3 Å². The summed E-state index contributed by atoms with van der Waals surface area (Å²) in [6.45, 7) is 4.92. The molecule has 0 unspecified atom stereocenters. The van der Waals surface area contributed by atoms with Crippen LogP contribution in [0.4, 0.5) is 5.69 Å². The molecule has 94 valence electrons. The van der Waals surface area contributed by atoms with Gasteiger partial charge in [0.15, 0.2) is 0 Å². The second kappa shape index (κ2) is 5.77. The number of aryl methyl sites for hydroxylation is 2. The summed E-state index contributed by atoms with van der Waals surface area (Å²) in [4.78, 5) is 0. The van der Waals surface area contributed by atoms with E-state index < -0.39 is 0 Å². The van der Waals surface area contributed by atoms with Crippen molar-refractivity contribution in [3.63, 3.8) is 0 Å². The molecular weight excluding hydrogens is 310 g/mol. The molecule has 0 aliphatic rings. The van der Waals surface area contributed by atoms with Crippen LogP contribution in [-0.4, -0.2) is 0 Å². The molecule has 18 heavy (non-hydrogen) atoms. The predicted octanol–water partition coefficient (Wildman–Crippen LogP) is 5.33. The number of hydrogen-bond donors (Lipinski definition) is 1. The van der Waals surface area contributed by atoms with E-state index in [9.17, 15) is 0 Å². The number of rotatable bonds is 3. The second-order valence-electron chi connectivity index (χ2n) is 4.38. The Morgan fingerprint density at radius 3 is 2.56 bits per heavy atom. The van der Waals surface area contributed by atoms with Gasteiger partial charge in [-0.2, -0.15) is 0 Å². The molecule has 0 saturated heterocycles. The summed E-state index contributed by atoms with van der Waals surface area (Å²) < 4.78 is 1.09. The summed E-state index contributed by atoms with van der Waals surface area (Å²) in [5.41, 5.74) is 4.71. The summed E-state index contributed by atoms with van der Waals surface area (Å²) in [7, 11) is 0. The first-order valence-electron chi connectivity index (χ1n) is 5.82. The number of benzene rings is 2. The number of halogens is 2. The molecule has 3 heteroatoms. The molecule has 0 aromatic heterocycles. The van der Waals surface area contributed by atoms with Crippen molar-refractivity contribution in [1.29, 1.82) is 0 Å². The summed E-state index contributed by atoms with van der Waals surface area (Å²) in [5, 5.41) is 4.23. The molecule has 2 aromatic carbocycles. The zero-order valence-corrected chi connectivity index (χ0v) is 12.8. The van der Waals surface area contributed by atoms with E-state index in [0.29, 0.717) is 0 Å². The van der Waals surface area contributed by atoms with E-state index >= 15 is 0 Å². The van der Waals surface area contributed by atoms with Gasteiger partial charge in [0.1, 0.15) is 0 Å². The first-order chi connectivity index (χ1) is 8.58. The Labute approximate surface area is 121 Å². The van der Waals surface area contributed by atoms with Gasteiger partial charge in [0.25, 0.3) is 0 Å². The molecule has 0 radical (unpaired) electrons. The quantitative estimate of drug-likeness (QED) is 0.804. The van der Waals surface area contributed by atoms with Gasteiger partial charge >= 0.3 is 0 Å². The smallest absolute Gasteiger partial charge is 0.0517 e. The molecule has 0 heterocycles. The van der Waals surface area contributed by atoms with Crippen molar-refractivity contribution in [3.8, 4) is 0 Å². The molecule has 0 atom stereocenters. The van der Waals surface area contributed by atoms with Gasteiger partial charge in [-0.15, -0.1) is 0 Å². The van der Waals surface area contributed by atoms with Gasteiger partial charge in [-0.3, -0.25) is 0 Å². The van der Waals surface area contributed by atoms with Gasteiger partial charge in [-0.25, -0.2) is 0 Å². The van der Waals surface area contributed by atoms with Gasteiger partial charge in [0.2, 0.25) is 0 Å².